The van der Waals surface area contributed by atoms with E-state index in [2.05, 4.69) is 0 Å². The van der Waals surface area contributed by atoms with E-state index in [4.69, 9.17) is 34.0 Å². The third-order valence-corrected chi connectivity index (χ3v) is 4.48. The highest BCUT2D eigenvalue weighted by atomic mass is 35.5. The first-order chi connectivity index (χ1) is 8.95. The van der Waals surface area contributed by atoms with Crippen LogP contribution >= 0.6 is 23.2 Å². The summed E-state index contributed by atoms with van der Waals surface area (Å²) in [4.78, 5) is -0.607. The smallest absolute Gasteiger partial charge is 0.399 e. The molecule has 1 aromatic rings. The molecule has 1 rings (SSSR count). The van der Waals surface area contributed by atoms with Gasteiger partial charge >= 0.3 is 6.18 Å². The Balaban J connectivity index is 3.02. The Kier molecular flexibility index (Phi) is 5.14. The van der Waals surface area contributed by atoms with Gasteiger partial charge in [0.15, 0.2) is 6.10 Å². The Morgan fingerprint density at radius 3 is 2.15 bits per heavy atom. The van der Waals surface area contributed by atoms with E-state index in [-0.39, 0.29) is 15.7 Å². The summed E-state index contributed by atoms with van der Waals surface area (Å²) < 4.78 is 61.5. The summed E-state index contributed by atoms with van der Waals surface area (Å²) >= 11 is 11.3. The van der Waals surface area contributed by atoms with Gasteiger partial charge in [-0.3, -0.25) is 0 Å². The number of sulfonamides is 1. The van der Waals surface area contributed by atoms with Gasteiger partial charge in [-0.05, 0) is 12.1 Å². The highest BCUT2D eigenvalue weighted by Crippen LogP contribution is 2.31. The number of hydrogen-bond acceptors (Lipinski definition) is 4. The van der Waals surface area contributed by atoms with Gasteiger partial charge in [0.1, 0.15) is 4.90 Å². The van der Waals surface area contributed by atoms with E-state index in [0.29, 0.717) is 0 Å². The van der Waals surface area contributed by atoms with Crippen LogP contribution in [-0.2, 0) is 10.0 Å². The molecule has 0 aromatic heterocycles. The van der Waals surface area contributed by atoms with E-state index in [1.807, 2.05) is 0 Å². The number of nitrogens with two attached hydrogens (primary N) is 1. The van der Waals surface area contributed by atoms with Crippen LogP contribution < -0.4 is 10.5 Å². The minimum absolute atomic E-state index is 0.0919. The fraction of sp³-hybridized carbons (Fsp3) is 0.333. The first-order valence-electron chi connectivity index (χ1n) is 4.94. The predicted octanol–water partition coefficient (Wildman–Crippen LogP) is 1.78. The third kappa shape index (κ3) is 4.13. The molecular weight excluding hydrogens is 344 g/mol. The molecule has 1 unspecified atom stereocenters. The molecule has 0 saturated carbocycles. The SMILES string of the molecule is Nc1cc(Cl)c(S(=O)(=O)NCC(O)C(F)(F)F)c(Cl)c1. The summed E-state index contributed by atoms with van der Waals surface area (Å²) in [6, 6.07) is 2.17. The number of alkyl halides is 3. The quantitative estimate of drug-likeness (QED) is 0.720. The molecule has 0 fully saturated rings. The van der Waals surface area contributed by atoms with Crippen molar-refractivity contribution in [2.24, 2.45) is 0 Å². The second-order valence-corrected chi connectivity index (χ2v) is 6.24. The summed E-state index contributed by atoms with van der Waals surface area (Å²) in [7, 11) is -4.42. The van der Waals surface area contributed by atoms with Crippen LogP contribution in [0.4, 0.5) is 18.9 Å². The molecule has 0 spiro atoms. The lowest BCUT2D eigenvalue weighted by Crippen LogP contribution is -2.40. The first-order valence-corrected chi connectivity index (χ1v) is 7.18. The normalized spacial score (nSPS) is 14.3. The van der Waals surface area contributed by atoms with Gasteiger partial charge < -0.3 is 10.8 Å². The van der Waals surface area contributed by atoms with Crippen molar-refractivity contribution in [1.82, 2.24) is 4.72 Å². The minimum Gasteiger partial charge on any atom is -0.399 e. The molecule has 4 N–H and O–H groups in total. The zero-order chi connectivity index (χ0) is 15.7. The van der Waals surface area contributed by atoms with Crippen molar-refractivity contribution in [3.8, 4) is 0 Å². The summed E-state index contributed by atoms with van der Waals surface area (Å²) in [6.45, 7) is -1.26. The molecular formula is C9H9Cl2F3N2O3S. The van der Waals surface area contributed by atoms with Gasteiger partial charge in [0.25, 0.3) is 0 Å². The maximum absolute atomic E-state index is 12.1. The predicted molar refractivity (Wildman–Crippen MR) is 68.1 cm³/mol. The van der Waals surface area contributed by atoms with Crippen LogP contribution in [0.5, 0.6) is 0 Å². The van der Waals surface area contributed by atoms with Crippen molar-refractivity contribution >= 4 is 38.9 Å². The van der Waals surface area contributed by atoms with E-state index in [9.17, 15) is 21.6 Å². The maximum Gasteiger partial charge on any atom is 0.415 e. The standard InChI is InChI=1S/C9H9Cl2F3N2O3S/c10-5-1-4(15)2-6(11)8(5)20(18,19)16-3-7(17)9(12,13)14/h1-2,7,16-17H,3,15H2. The fourth-order valence-corrected chi connectivity index (χ4v) is 3.48. The molecule has 1 aromatic carbocycles. The van der Waals surface area contributed by atoms with Crippen LogP contribution in [0.2, 0.25) is 10.0 Å². The minimum atomic E-state index is -4.95. The zero-order valence-corrected chi connectivity index (χ0v) is 11.9. The Morgan fingerprint density at radius 1 is 1.30 bits per heavy atom. The number of hydrogen-bond donors (Lipinski definition) is 3. The van der Waals surface area contributed by atoms with Crippen molar-refractivity contribution < 1.29 is 26.7 Å². The third-order valence-electron chi connectivity index (χ3n) is 2.13. The number of nitrogen functional groups attached to an aromatic ring is 1. The van der Waals surface area contributed by atoms with E-state index < -0.39 is 33.7 Å². The lowest BCUT2D eigenvalue weighted by molar-refractivity contribution is -0.200. The van der Waals surface area contributed by atoms with Gasteiger partial charge in [-0.1, -0.05) is 23.2 Å². The fourth-order valence-electron chi connectivity index (χ4n) is 1.21. The Labute approximate surface area is 122 Å². The molecule has 1 atom stereocenters. The Bertz CT molecular complexity index is 584. The lowest BCUT2D eigenvalue weighted by atomic mass is 10.3. The van der Waals surface area contributed by atoms with Crippen LogP contribution in [0.25, 0.3) is 0 Å². The van der Waals surface area contributed by atoms with Crippen LogP contribution in [0.15, 0.2) is 17.0 Å². The summed E-state index contributed by atoms with van der Waals surface area (Å²) in [5.74, 6) is 0. The van der Waals surface area contributed by atoms with Crippen LogP contribution in [0.1, 0.15) is 0 Å². The molecule has 0 radical (unpaired) electrons. The molecule has 0 heterocycles. The molecule has 0 aliphatic carbocycles. The number of aliphatic hydroxyl groups is 1. The molecule has 20 heavy (non-hydrogen) atoms. The highest BCUT2D eigenvalue weighted by molar-refractivity contribution is 7.89. The van der Waals surface area contributed by atoms with Crippen molar-refractivity contribution in [1.29, 1.82) is 0 Å². The molecule has 0 aliphatic rings. The largest absolute Gasteiger partial charge is 0.415 e. The Hall–Kier alpha value is -0.740. The van der Waals surface area contributed by atoms with E-state index in [1.165, 1.54) is 0 Å². The van der Waals surface area contributed by atoms with E-state index in [0.717, 1.165) is 12.1 Å². The van der Waals surface area contributed by atoms with Crippen LogP contribution in [-0.4, -0.2) is 32.3 Å². The Morgan fingerprint density at radius 2 is 1.75 bits per heavy atom. The maximum atomic E-state index is 12.1. The van der Waals surface area contributed by atoms with Gasteiger partial charge in [0.05, 0.1) is 10.0 Å². The number of aliphatic hydroxyl groups excluding tert-OH is 1. The molecule has 0 saturated heterocycles. The molecule has 0 aliphatic heterocycles. The van der Waals surface area contributed by atoms with Gasteiger partial charge in [-0.2, -0.15) is 13.2 Å². The topological polar surface area (TPSA) is 92.4 Å². The number of benzene rings is 1. The van der Waals surface area contributed by atoms with Gasteiger partial charge in [0.2, 0.25) is 10.0 Å². The summed E-state index contributed by atoms with van der Waals surface area (Å²) in [5, 5.41) is 8.05. The van der Waals surface area contributed by atoms with Crippen molar-refractivity contribution in [2.45, 2.75) is 17.2 Å². The van der Waals surface area contributed by atoms with Crippen LogP contribution in [0, 0.1) is 0 Å². The van der Waals surface area contributed by atoms with E-state index in [1.54, 1.807) is 4.72 Å². The average molecular weight is 353 g/mol. The molecule has 5 nitrogen and oxygen atoms in total. The van der Waals surface area contributed by atoms with Crippen molar-refractivity contribution in [3.05, 3.63) is 22.2 Å². The molecule has 114 valence electrons. The average Bonchev–Trinajstić information content (AvgIpc) is 2.22. The lowest BCUT2D eigenvalue weighted by Gasteiger charge is -2.16. The molecule has 0 amide bonds. The number of anilines is 1. The second kappa shape index (κ2) is 5.94. The van der Waals surface area contributed by atoms with Gasteiger partial charge in [0, 0.05) is 12.2 Å². The summed E-state index contributed by atoms with van der Waals surface area (Å²) in [5.41, 5.74) is 5.47. The second-order valence-electron chi connectivity index (χ2n) is 3.72. The zero-order valence-electron chi connectivity index (χ0n) is 9.58. The monoisotopic (exact) mass is 352 g/mol. The van der Waals surface area contributed by atoms with Gasteiger partial charge in [-0.25, -0.2) is 13.1 Å². The molecule has 0 bridgehead atoms. The number of rotatable bonds is 4. The number of nitrogens with one attached hydrogen (secondary N) is 1. The molecule has 11 heteroatoms. The van der Waals surface area contributed by atoms with Crippen molar-refractivity contribution in [2.75, 3.05) is 12.3 Å². The van der Waals surface area contributed by atoms with Gasteiger partial charge in [-0.15, -0.1) is 0 Å². The highest BCUT2D eigenvalue weighted by Gasteiger charge is 2.39. The van der Waals surface area contributed by atoms with Crippen LogP contribution in [0.3, 0.4) is 0 Å². The number of halogens is 5. The first kappa shape index (κ1) is 17.3. The summed E-state index contributed by atoms with van der Waals surface area (Å²) in [6.07, 6.45) is -7.79. The van der Waals surface area contributed by atoms with Crippen molar-refractivity contribution in [3.63, 3.8) is 0 Å². The van der Waals surface area contributed by atoms with E-state index >= 15 is 0 Å².